The fourth-order valence-electron chi connectivity index (χ4n) is 3.42. The van der Waals surface area contributed by atoms with Gasteiger partial charge in [0.15, 0.2) is 5.82 Å². The lowest BCUT2D eigenvalue weighted by Gasteiger charge is -2.28. The fraction of sp³-hybridized carbons (Fsp3) is 0.474. The van der Waals surface area contributed by atoms with Gasteiger partial charge in [-0.3, -0.25) is 10.1 Å². The summed E-state index contributed by atoms with van der Waals surface area (Å²) in [5.74, 6) is 1.58. The predicted octanol–water partition coefficient (Wildman–Crippen LogP) is 3.14. The van der Waals surface area contributed by atoms with Crippen molar-refractivity contribution in [3.8, 4) is 11.4 Å². The van der Waals surface area contributed by atoms with E-state index in [2.05, 4.69) is 41.9 Å². The molecule has 2 aromatic rings. The highest BCUT2D eigenvalue weighted by Gasteiger charge is 2.27. The molecule has 1 saturated heterocycles. The molecular weight excluding hydrogens is 330 g/mol. The van der Waals surface area contributed by atoms with Gasteiger partial charge < -0.3 is 9.80 Å². The van der Waals surface area contributed by atoms with Crippen molar-refractivity contribution in [2.45, 2.75) is 32.2 Å². The minimum atomic E-state index is -0.394. The maximum atomic E-state index is 10.9. The van der Waals surface area contributed by atoms with E-state index in [4.69, 9.17) is 4.98 Å². The maximum Gasteiger partial charge on any atom is 0.269 e. The van der Waals surface area contributed by atoms with Gasteiger partial charge in [0.2, 0.25) is 0 Å². The van der Waals surface area contributed by atoms with Gasteiger partial charge in [-0.15, -0.1) is 0 Å². The number of anilines is 1. The Morgan fingerprint density at radius 1 is 1.27 bits per heavy atom. The predicted molar refractivity (Wildman–Crippen MR) is 102 cm³/mol. The third kappa shape index (κ3) is 3.99. The van der Waals surface area contributed by atoms with Crippen LogP contribution in [-0.4, -0.2) is 53.0 Å². The van der Waals surface area contributed by atoms with Crippen LogP contribution in [0.4, 0.5) is 11.5 Å². The number of nitro benzene ring substituents is 1. The molecular formula is C19H25N5O2. The topological polar surface area (TPSA) is 75.4 Å². The minimum absolute atomic E-state index is 0.0752. The van der Waals surface area contributed by atoms with Crippen LogP contribution in [0, 0.1) is 10.1 Å². The van der Waals surface area contributed by atoms with E-state index >= 15 is 0 Å². The highest BCUT2D eigenvalue weighted by Crippen LogP contribution is 2.28. The summed E-state index contributed by atoms with van der Waals surface area (Å²) in [5, 5.41) is 10.9. The van der Waals surface area contributed by atoms with Gasteiger partial charge in [0, 0.05) is 48.6 Å². The molecule has 1 atom stereocenters. The van der Waals surface area contributed by atoms with Gasteiger partial charge in [-0.1, -0.05) is 6.92 Å². The molecule has 26 heavy (non-hydrogen) atoms. The van der Waals surface area contributed by atoms with Crippen LogP contribution in [0.1, 0.15) is 25.5 Å². The number of hydrogen-bond donors (Lipinski definition) is 0. The van der Waals surface area contributed by atoms with Crippen LogP contribution in [0.3, 0.4) is 0 Å². The van der Waals surface area contributed by atoms with Crippen LogP contribution in [-0.2, 0) is 6.42 Å². The Hall–Kier alpha value is -2.54. The molecule has 1 fully saturated rings. The average molecular weight is 355 g/mol. The number of non-ortho nitro benzene ring substituents is 1. The Balaban J connectivity index is 1.95. The zero-order valence-electron chi connectivity index (χ0n) is 15.6. The van der Waals surface area contributed by atoms with Crippen molar-refractivity contribution in [2.24, 2.45) is 0 Å². The van der Waals surface area contributed by atoms with Gasteiger partial charge in [0.25, 0.3) is 5.69 Å². The van der Waals surface area contributed by atoms with Crippen LogP contribution in [0.2, 0.25) is 0 Å². The van der Waals surface area contributed by atoms with Crippen LogP contribution in [0.5, 0.6) is 0 Å². The third-order valence-corrected chi connectivity index (χ3v) is 4.71. The molecule has 0 spiro atoms. The number of likely N-dealkylation sites (N-methyl/N-ethyl adjacent to an activating group) is 1. The summed E-state index contributed by atoms with van der Waals surface area (Å²) in [6, 6.07) is 8.97. The summed E-state index contributed by atoms with van der Waals surface area (Å²) in [7, 11) is 4.19. The average Bonchev–Trinajstić information content (AvgIpc) is 3.08. The number of nitro groups is 1. The number of hydrogen-bond acceptors (Lipinski definition) is 6. The second kappa shape index (κ2) is 7.78. The van der Waals surface area contributed by atoms with Gasteiger partial charge in [-0.2, -0.15) is 0 Å². The van der Waals surface area contributed by atoms with Gasteiger partial charge in [-0.05, 0) is 45.5 Å². The molecule has 1 aliphatic rings. The van der Waals surface area contributed by atoms with Crippen LogP contribution in [0.15, 0.2) is 30.3 Å². The Morgan fingerprint density at radius 2 is 2.00 bits per heavy atom. The van der Waals surface area contributed by atoms with Crippen molar-refractivity contribution in [3.05, 3.63) is 46.1 Å². The summed E-state index contributed by atoms with van der Waals surface area (Å²) < 4.78 is 0. The van der Waals surface area contributed by atoms with Gasteiger partial charge >= 0.3 is 0 Å². The first-order valence-electron chi connectivity index (χ1n) is 9.02. The van der Waals surface area contributed by atoms with Crippen LogP contribution >= 0.6 is 0 Å². The molecule has 1 unspecified atom stereocenters. The highest BCUT2D eigenvalue weighted by atomic mass is 16.6. The number of nitrogens with zero attached hydrogens (tertiary/aromatic N) is 5. The Kier molecular flexibility index (Phi) is 5.46. The van der Waals surface area contributed by atoms with Crippen LogP contribution < -0.4 is 4.90 Å². The van der Waals surface area contributed by atoms with Crippen LogP contribution in [0.25, 0.3) is 11.4 Å². The standard InChI is InChI=1S/C19H25N5O2/c1-4-15-12-18(23-11-5-6-17(23)13-22(2)3)21-19(20-15)14-7-9-16(10-8-14)24(25)26/h7-10,12,17H,4-6,11,13H2,1-3H3. The first-order chi connectivity index (χ1) is 12.5. The Morgan fingerprint density at radius 3 is 2.62 bits per heavy atom. The number of aromatic nitrogens is 2. The number of aryl methyl sites for hydroxylation is 1. The number of benzene rings is 1. The first-order valence-corrected chi connectivity index (χ1v) is 9.02. The lowest BCUT2D eigenvalue weighted by molar-refractivity contribution is -0.384. The smallest absolute Gasteiger partial charge is 0.269 e. The molecule has 1 aromatic carbocycles. The zero-order chi connectivity index (χ0) is 18.7. The van der Waals surface area contributed by atoms with Gasteiger partial charge in [0.1, 0.15) is 5.82 Å². The van der Waals surface area contributed by atoms with Crippen molar-refractivity contribution >= 4 is 11.5 Å². The molecule has 138 valence electrons. The van der Waals surface area contributed by atoms with E-state index in [9.17, 15) is 10.1 Å². The van der Waals surface area contributed by atoms with E-state index in [1.54, 1.807) is 12.1 Å². The van der Waals surface area contributed by atoms with Crippen molar-refractivity contribution in [1.29, 1.82) is 0 Å². The van der Waals surface area contributed by atoms with Crippen molar-refractivity contribution in [2.75, 3.05) is 32.1 Å². The molecule has 1 aromatic heterocycles. The van der Waals surface area contributed by atoms with Gasteiger partial charge in [-0.25, -0.2) is 9.97 Å². The quantitative estimate of drug-likeness (QED) is 0.585. The molecule has 0 N–H and O–H groups in total. The molecule has 2 heterocycles. The third-order valence-electron chi connectivity index (χ3n) is 4.71. The van der Waals surface area contributed by atoms with E-state index in [0.717, 1.165) is 49.4 Å². The van der Waals surface area contributed by atoms with Crippen molar-refractivity contribution < 1.29 is 4.92 Å². The SMILES string of the molecule is CCc1cc(N2CCCC2CN(C)C)nc(-c2ccc([N+](=O)[O-])cc2)n1. The van der Waals surface area contributed by atoms with E-state index < -0.39 is 4.92 Å². The Bertz CT molecular complexity index is 776. The summed E-state index contributed by atoms with van der Waals surface area (Å²) in [5.41, 5.74) is 1.86. The molecule has 7 nitrogen and oxygen atoms in total. The van der Waals surface area contributed by atoms with E-state index in [1.165, 1.54) is 12.1 Å². The molecule has 3 rings (SSSR count). The normalized spacial score (nSPS) is 17.1. The largest absolute Gasteiger partial charge is 0.352 e. The van der Waals surface area contributed by atoms with E-state index in [-0.39, 0.29) is 5.69 Å². The monoisotopic (exact) mass is 355 g/mol. The molecule has 0 amide bonds. The summed E-state index contributed by atoms with van der Waals surface area (Å²) in [6.45, 7) is 4.07. The minimum Gasteiger partial charge on any atom is -0.352 e. The summed E-state index contributed by atoms with van der Waals surface area (Å²) >= 11 is 0. The molecule has 0 radical (unpaired) electrons. The number of rotatable bonds is 6. The second-order valence-corrected chi connectivity index (χ2v) is 6.95. The molecule has 0 saturated carbocycles. The highest BCUT2D eigenvalue weighted by molar-refractivity contribution is 5.60. The summed E-state index contributed by atoms with van der Waals surface area (Å²) in [6.07, 6.45) is 3.15. The zero-order valence-corrected chi connectivity index (χ0v) is 15.6. The summed E-state index contributed by atoms with van der Waals surface area (Å²) in [4.78, 5) is 24.5. The molecule has 0 bridgehead atoms. The second-order valence-electron chi connectivity index (χ2n) is 6.95. The fourth-order valence-corrected chi connectivity index (χ4v) is 3.42. The van der Waals surface area contributed by atoms with E-state index in [1.807, 2.05) is 0 Å². The van der Waals surface area contributed by atoms with E-state index in [0.29, 0.717) is 11.9 Å². The van der Waals surface area contributed by atoms with Gasteiger partial charge in [0.05, 0.1) is 4.92 Å². The van der Waals surface area contributed by atoms with Crippen molar-refractivity contribution in [3.63, 3.8) is 0 Å². The molecule has 7 heteroatoms. The lowest BCUT2D eigenvalue weighted by Crippen LogP contribution is -2.38. The lowest BCUT2D eigenvalue weighted by atomic mass is 10.1. The molecule has 0 aliphatic carbocycles. The van der Waals surface area contributed by atoms with Crippen molar-refractivity contribution in [1.82, 2.24) is 14.9 Å². The Labute approximate surface area is 153 Å². The molecule has 1 aliphatic heterocycles. The first kappa shape index (κ1) is 18.3. The maximum absolute atomic E-state index is 10.9.